The first kappa shape index (κ1) is 16.4. The topological polar surface area (TPSA) is 26.0 Å². The maximum Gasteiger partial charge on any atom is 0.416 e. The van der Waals surface area contributed by atoms with Gasteiger partial charge in [0.2, 0.25) is 0 Å². The van der Waals surface area contributed by atoms with Gasteiger partial charge in [0.25, 0.3) is 0 Å². The van der Waals surface area contributed by atoms with Crippen molar-refractivity contribution in [2.75, 3.05) is 5.75 Å². The molecule has 112 valence electrons. The number of nitrogens with two attached hydrogens (primary N) is 1. The molecule has 0 bridgehead atoms. The van der Waals surface area contributed by atoms with E-state index in [1.165, 1.54) is 12.1 Å². The molecule has 0 saturated heterocycles. The number of hydrogen-bond acceptors (Lipinski definition) is 2. The van der Waals surface area contributed by atoms with Crippen LogP contribution in [0.1, 0.15) is 17.2 Å². The number of benzene rings is 2. The minimum atomic E-state index is -4.31. The molecule has 2 rings (SSSR count). The van der Waals surface area contributed by atoms with E-state index < -0.39 is 11.7 Å². The van der Waals surface area contributed by atoms with Gasteiger partial charge in [-0.2, -0.15) is 13.2 Å². The molecule has 1 nitrogen and oxygen atoms in total. The first-order valence-electron chi connectivity index (χ1n) is 6.18. The lowest BCUT2D eigenvalue weighted by atomic mass is 10.1. The molecule has 0 amide bonds. The van der Waals surface area contributed by atoms with E-state index in [1.807, 2.05) is 24.3 Å². The zero-order valence-electron chi connectivity index (χ0n) is 10.9. The van der Waals surface area contributed by atoms with Crippen LogP contribution in [0.5, 0.6) is 0 Å². The van der Waals surface area contributed by atoms with Gasteiger partial charge in [-0.1, -0.05) is 24.3 Å². The Morgan fingerprint density at radius 2 is 1.67 bits per heavy atom. The van der Waals surface area contributed by atoms with Gasteiger partial charge in [0.1, 0.15) is 0 Å². The molecule has 1 atom stereocenters. The molecule has 2 aromatic rings. The second-order valence-electron chi connectivity index (χ2n) is 4.47. The van der Waals surface area contributed by atoms with Crippen LogP contribution in [0.2, 0.25) is 0 Å². The maximum absolute atomic E-state index is 12.5. The molecule has 6 heteroatoms. The van der Waals surface area contributed by atoms with Gasteiger partial charge in [0.05, 0.1) is 5.56 Å². The molecular formula is C15H13BrF3NS. The standard InChI is InChI=1S/C15H13BrF3NS/c16-12-3-1-2-4-14(12)21-9-13(20)10-5-7-11(8-6-10)15(17,18)19/h1-8,13H,9,20H2. The third-order valence-corrected chi connectivity index (χ3v) is 5.07. The van der Waals surface area contributed by atoms with Crippen molar-refractivity contribution in [3.63, 3.8) is 0 Å². The van der Waals surface area contributed by atoms with Gasteiger partial charge in [-0.25, -0.2) is 0 Å². The summed E-state index contributed by atoms with van der Waals surface area (Å²) in [6.07, 6.45) is -4.31. The molecule has 0 aromatic heterocycles. The van der Waals surface area contributed by atoms with Crippen molar-refractivity contribution in [3.05, 3.63) is 64.1 Å². The third kappa shape index (κ3) is 4.49. The van der Waals surface area contributed by atoms with E-state index in [0.717, 1.165) is 21.5 Å². The summed E-state index contributed by atoms with van der Waals surface area (Å²) in [5, 5.41) is 0. The van der Waals surface area contributed by atoms with E-state index in [2.05, 4.69) is 15.9 Å². The van der Waals surface area contributed by atoms with E-state index in [9.17, 15) is 13.2 Å². The van der Waals surface area contributed by atoms with Crippen LogP contribution in [0, 0.1) is 0 Å². The van der Waals surface area contributed by atoms with Gasteiger partial charge in [-0.3, -0.25) is 0 Å². The normalized spacial score (nSPS) is 13.2. The number of alkyl halides is 3. The average molecular weight is 376 g/mol. The summed E-state index contributed by atoms with van der Waals surface area (Å²) in [5.41, 5.74) is 6.08. The number of thioether (sulfide) groups is 1. The Balaban J connectivity index is 2.01. The summed E-state index contributed by atoms with van der Waals surface area (Å²) < 4.78 is 38.5. The summed E-state index contributed by atoms with van der Waals surface area (Å²) in [6, 6.07) is 12.4. The van der Waals surface area contributed by atoms with Crippen LogP contribution in [0.15, 0.2) is 57.9 Å². The lowest BCUT2D eigenvalue weighted by Crippen LogP contribution is -2.13. The highest BCUT2D eigenvalue weighted by Gasteiger charge is 2.30. The fraction of sp³-hybridized carbons (Fsp3) is 0.200. The van der Waals surface area contributed by atoms with Crippen molar-refractivity contribution < 1.29 is 13.2 Å². The van der Waals surface area contributed by atoms with E-state index in [4.69, 9.17) is 5.73 Å². The predicted octanol–water partition coefficient (Wildman–Crippen LogP) is 5.26. The number of rotatable bonds is 4. The molecule has 0 spiro atoms. The largest absolute Gasteiger partial charge is 0.416 e. The Bertz CT molecular complexity index is 599. The molecule has 2 N–H and O–H groups in total. The molecule has 0 saturated carbocycles. The van der Waals surface area contributed by atoms with Gasteiger partial charge >= 0.3 is 6.18 Å². The molecule has 0 heterocycles. The Morgan fingerprint density at radius 1 is 1.05 bits per heavy atom. The van der Waals surface area contributed by atoms with E-state index in [-0.39, 0.29) is 6.04 Å². The molecule has 0 radical (unpaired) electrons. The van der Waals surface area contributed by atoms with E-state index >= 15 is 0 Å². The number of halogens is 4. The lowest BCUT2D eigenvalue weighted by molar-refractivity contribution is -0.137. The van der Waals surface area contributed by atoms with Crippen molar-refractivity contribution in [1.82, 2.24) is 0 Å². The van der Waals surface area contributed by atoms with E-state index in [1.54, 1.807) is 11.8 Å². The van der Waals surface area contributed by atoms with Crippen LogP contribution in [0.4, 0.5) is 13.2 Å². The number of hydrogen-bond donors (Lipinski definition) is 1. The molecule has 0 fully saturated rings. The second kappa shape index (κ2) is 6.85. The Kier molecular flexibility index (Phi) is 5.35. The molecule has 2 aromatic carbocycles. The van der Waals surface area contributed by atoms with Gasteiger partial charge in [0.15, 0.2) is 0 Å². The molecule has 0 aliphatic rings. The van der Waals surface area contributed by atoms with Crippen molar-refractivity contribution in [3.8, 4) is 0 Å². The highest BCUT2D eigenvalue weighted by atomic mass is 79.9. The van der Waals surface area contributed by atoms with Crippen molar-refractivity contribution in [2.45, 2.75) is 17.1 Å². The quantitative estimate of drug-likeness (QED) is 0.737. The van der Waals surface area contributed by atoms with Crippen LogP contribution in [-0.4, -0.2) is 5.75 Å². The maximum atomic E-state index is 12.5. The fourth-order valence-corrected chi connectivity index (χ4v) is 3.32. The SMILES string of the molecule is NC(CSc1ccccc1Br)c1ccc(C(F)(F)F)cc1. The van der Waals surface area contributed by atoms with Crippen LogP contribution >= 0.6 is 27.7 Å². The molecule has 21 heavy (non-hydrogen) atoms. The third-order valence-electron chi connectivity index (χ3n) is 2.92. The first-order chi connectivity index (χ1) is 9.88. The highest BCUT2D eigenvalue weighted by Crippen LogP contribution is 2.32. The summed E-state index contributed by atoms with van der Waals surface area (Å²) in [5.74, 6) is 0.591. The smallest absolute Gasteiger partial charge is 0.323 e. The first-order valence-corrected chi connectivity index (χ1v) is 7.96. The average Bonchev–Trinajstić information content (AvgIpc) is 2.45. The fourth-order valence-electron chi connectivity index (χ4n) is 1.76. The molecule has 0 aliphatic heterocycles. The Hall–Kier alpha value is -0.980. The van der Waals surface area contributed by atoms with Gasteiger partial charge in [-0.15, -0.1) is 11.8 Å². The van der Waals surface area contributed by atoms with Crippen LogP contribution in [0.3, 0.4) is 0 Å². The summed E-state index contributed by atoms with van der Waals surface area (Å²) >= 11 is 5.01. The van der Waals surface area contributed by atoms with Crippen LogP contribution in [0.25, 0.3) is 0 Å². The summed E-state index contributed by atoms with van der Waals surface area (Å²) in [4.78, 5) is 1.06. The van der Waals surface area contributed by atoms with E-state index in [0.29, 0.717) is 11.3 Å². The van der Waals surface area contributed by atoms with Gasteiger partial charge in [0, 0.05) is 21.2 Å². The van der Waals surface area contributed by atoms with Gasteiger partial charge in [-0.05, 0) is 45.8 Å². The minimum absolute atomic E-state index is 0.315. The van der Waals surface area contributed by atoms with Crippen LogP contribution < -0.4 is 5.73 Å². The highest BCUT2D eigenvalue weighted by molar-refractivity contribution is 9.10. The Labute approximate surface area is 133 Å². The second-order valence-corrected chi connectivity index (χ2v) is 6.38. The van der Waals surface area contributed by atoms with Gasteiger partial charge < -0.3 is 5.73 Å². The monoisotopic (exact) mass is 375 g/mol. The lowest BCUT2D eigenvalue weighted by Gasteiger charge is -2.14. The molecule has 0 aliphatic carbocycles. The summed E-state index contributed by atoms with van der Waals surface area (Å²) in [6.45, 7) is 0. The summed E-state index contributed by atoms with van der Waals surface area (Å²) in [7, 11) is 0. The van der Waals surface area contributed by atoms with Crippen molar-refractivity contribution in [2.24, 2.45) is 5.73 Å². The zero-order valence-corrected chi connectivity index (χ0v) is 13.3. The Morgan fingerprint density at radius 3 is 2.24 bits per heavy atom. The zero-order chi connectivity index (χ0) is 15.5. The van der Waals surface area contributed by atoms with Crippen molar-refractivity contribution in [1.29, 1.82) is 0 Å². The molecule has 1 unspecified atom stereocenters. The minimum Gasteiger partial charge on any atom is -0.323 e. The molecular weight excluding hydrogens is 363 g/mol. The predicted molar refractivity (Wildman–Crippen MR) is 83.2 cm³/mol. The van der Waals surface area contributed by atoms with Crippen molar-refractivity contribution >= 4 is 27.7 Å². The van der Waals surface area contributed by atoms with Crippen LogP contribution in [-0.2, 0) is 6.18 Å².